The Kier molecular flexibility index (Phi) is 1.56. The van der Waals surface area contributed by atoms with Gasteiger partial charge in [-0.25, -0.2) is 0 Å². The number of carbonyl (C=O) groups is 2. The highest BCUT2D eigenvalue weighted by molar-refractivity contribution is 6.05. The Morgan fingerprint density at radius 2 is 2.00 bits per heavy atom. The summed E-state index contributed by atoms with van der Waals surface area (Å²) < 4.78 is 5.40. The lowest BCUT2D eigenvalue weighted by Gasteiger charge is -2.33. The van der Waals surface area contributed by atoms with Gasteiger partial charge in [0.05, 0.1) is 0 Å². The summed E-state index contributed by atoms with van der Waals surface area (Å²) in [5.41, 5.74) is -1.56. The fourth-order valence-corrected chi connectivity index (χ4v) is 3.39. The normalized spacial score (nSPS) is 41.1. The molecule has 0 radical (unpaired) electrons. The Hall–Kier alpha value is -1.06. The molecule has 1 aliphatic heterocycles. The van der Waals surface area contributed by atoms with Crippen LogP contribution in [0.4, 0.5) is 0 Å². The highest BCUT2D eigenvalue weighted by Crippen LogP contribution is 2.68. The molecule has 3 rings (SSSR count). The first-order chi connectivity index (χ1) is 7.12. The SMILES string of the molecule is O=C(O)C12CC1C1(CCCCC1)OC2=O. The third kappa shape index (κ3) is 0.924. The van der Waals surface area contributed by atoms with E-state index in [1.165, 1.54) is 6.42 Å². The molecule has 15 heavy (non-hydrogen) atoms. The van der Waals surface area contributed by atoms with Crippen molar-refractivity contribution in [2.75, 3.05) is 0 Å². The van der Waals surface area contributed by atoms with Gasteiger partial charge in [-0.05, 0) is 32.1 Å². The van der Waals surface area contributed by atoms with Crippen molar-refractivity contribution in [3.8, 4) is 0 Å². The van der Waals surface area contributed by atoms with E-state index in [4.69, 9.17) is 9.84 Å². The van der Waals surface area contributed by atoms with Crippen LogP contribution in [0.2, 0.25) is 0 Å². The van der Waals surface area contributed by atoms with Crippen molar-refractivity contribution in [3.63, 3.8) is 0 Å². The molecule has 1 spiro atoms. The summed E-state index contributed by atoms with van der Waals surface area (Å²) in [7, 11) is 0. The number of carbonyl (C=O) groups excluding carboxylic acids is 1. The second kappa shape index (κ2) is 2.54. The van der Waals surface area contributed by atoms with E-state index < -0.39 is 23.0 Å². The number of hydrogen-bond donors (Lipinski definition) is 1. The van der Waals surface area contributed by atoms with Crippen molar-refractivity contribution in [2.24, 2.45) is 11.3 Å². The molecule has 2 aliphatic carbocycles. The molecule has 1 N–H and O–H groups in total. The molecule has 4 nitrogen and oxygen atoms in total. The van der Waals surface area contributed by atoms with E-state index in [0.717, 1.165) is 25.7 Å². The molecule has 1 heterocycles. The first-order valence-electron chi connectivity index (χ1n) is 5.59. The molecule has 3 fully saturated rings. The van der Waals surface area contributed by atoms with Gasteiger partial charge < -0.3 is 9.84 Å². The van der Waals surface area contributed by atoms with E-state index in [2.05, 4.69) is 0 Å². The van der Waals surface area contributed by atoms with Crippen LogP contribution in [0.3, 0.4) is 0 Å². The zero-order valence-corrected chi connectivity index (χ0v) is 8.49. The van der Waals surface area contributed by atoms with Gasteiger partial charge in [0.15, 0.2) is 5.41 Å². The van der Waals surface area contributed by atoms with E-state index in [9.17, 15) is 9.59 Å². The summed E-state index contributed by atoms with van der Waals surface area (Å²) in [5.74, 6) is -1.52. The predicted octanol–water partition coefficient (Wildman–Crippen LogP) is 1.34. The smallest absolute Gasteiger partial charge is 0.324 e. The van der Waals surface area contributed by atoms with Crippen LogP contribution in [0.1, 0.15) is 38.5 Å². The maximum atomic E-state index is 11.6. The number of hydrogen-bond acceptors (Lipinski definition) is 3. The van der Waals surface area contributed by atoms with Gasteiger partial charge in [0, 0.05) is 5.92 Å². The lowest BCUT2D eigenvalue weighted by molar-refractivity contribution is -0.163. The fourth-order valence-electron chi connectivity index (χ4n) is 3.39. The van der Waals surface area contributed by atoms with E-state index in [1.807, 2.05) is 0 Å². The van der Waals surface area contributed by atoms with Crippen molar-refractivity contribution < 1.29 is 19.4 Å². The van der Waals surface area contributed by atoms with Crippen LogP contribution >= 0.6 is 0 Å². The molecule has 4 heteroatoms. The number of ether oxygens (including phenoxy) is 1. The maximum Gasteiger partial charge on any atom is 0.324 e. The molecule has 2 atom stereocenters. The molecule has 0 amide bonds. The van der Waals surface area contributed by atoms with Gasteiger partial charge in [0.25, 0.3) is 0 Å². The van der Waals surface area contributed by atoms with Crippen molar-refractivity contribution in [1.29, 1.82) is 0 Å². The minimum atomic E-state index is -1.16. The van der Waals surface area contributed by atoms with Gasteiger partial charge in [0.2, 0.25) is 0 Å². The van der Waals surface area contributed by atoms with Crippen molar-refractivity contribution in [1.82, 2.24) is 0 Å². The van der Waals surface area contributed by atoms with Gasteiger partial charge in [-0.3, -0.25) is 9.59 Å². The summed E-state index contributed by atoms with van der Waals surface area (Å²) >= 11 is 0. The summed E-state index contributed by atoms with van der Waals surface area (Å²) in [5, 5.41) is 9.10. The fraction of sp³-hybridized carbons (Fsp3) is 0.818. The second-order valence-corrected chi connectivity index (χ2v) is 5.05. The molecule has 2 saturated carbocycles. The van der Waals surface area contributed by atoms with Crippen LogP contribution in [0, 0.1) is 11.3 Å². The number of esters is 1. The highest BCUT2D eigenvalue weighted by atomic mass is 16.6. The van der Waals surface area contributed by atoms with Crippen molar-refractivity contribution >= 4 is 11.9 Å². The number of carboxylic acid groups (broad SMARTS) is 1. The van der Waals surface area contributed by atoms with Gasteiger partial charge in [-0.2, -0.15) is 0 Å². The third-order valence-electron chi connectivity index (χ3n) is 4.34. The van der Waals surface area contributed by atoms with Crippen LogP contribution in [0.5, 0.6) is 0 Å². The maximum absolute atomic E-state index is 11.6. The molecule has 0 aromatic rings. The van der Waals surface area contributed by atoms with E-state index >= 15 is 0 Å². The molecular formula is C11H14O4. The second-order valence-electron chi connectivity index (χ2n) is 5.05. The highest BCUT2D eigenvalue weighted by Gasteiger charge is 2.80. The van der Waals surface area contributed by atoms with Crippen molar-refractivity contribution in [3.05, 3.63) is 0 Å². The zero-order valence-electron chi connectivity index (χ0n) is 8.49. The Bertz CT molecular complexity index is 342. The molecule has 0 aromatic heterocycles. The summed E-state index contributed by atoms with van der Waals surface area (Å²) in [6, 6.07) is 0. The van der Waals surface area contributed by atoms with Crippen LogP contribution in [-0.4, -0.2) is 22.6 Å². The van der Waals surface area contributed by atoms with E-state index in [1.54, 1.807) is 0 Å². The Labute approximate surface area is 87.6 Å². The molecule has 0 aromatic carbocycles. The standard InChI is InChI=1S/C11H14O4/c12-8(13)11-6-7(11)10(15-9(11)14)4-2-1-3-5-10/h7H,1-6H2,(H,12,13). The minimum absolute atomic E-state index is 0.0460. The largest absolute Gasteiger partial charge is 0.480 e. The first-order valence-corrected chi connectivity index (χ1v) is 5.59. The summed E-state index contributed by atoms with van der Waals surface area (Å²) in [4.78, 5) is 22.8. The first kappa shape index (κ1) is 9.19. The Morgan fingerprint density at radius 3 is 2.47 bits per heavy atom. The lowest BCUT2D eigenvalue weighted by Crippen LogP contribution is -2.35. The number of carboxylic acids is 1. The van der Waals surface area contributed by atoms with Gasteiger partial charge >= 0.3 is 11.9 Å². The zero-order chi connectivity index (χ0) is 10.7. The summed E-state index contributed by atoms with van der Waals surface area (Å²) in [6.07, 6.45) is 5.50. The predicted molar refractivity (Wildman–Crippen MR) is 50.1 cm³/mol. The molecule has 1 saturated heterocycles. The topological polar surface area (TPSA) is 63.6 Å². The van der Waals surface area contributed by atoms with Crippen molar-refractivity contribution in [2.45, 2.75) is 44.1 Å². The molecule has 3 aliphatic rings. The monoisotopic (exact) mass is 210 g/mol. The minimum Gasteiger partial charge on any atom is -0.480 e. The Morgan fingerprint density at radius 1 is 1.33 bits per heavy atom. The average molecular weight is 210 g/mol. The number of aliphatic carboxylic acids is 1. The molecular weight excluding hydrogens is 196 g/mol. The van der Waals surface area contributed by atoms with E-state index in [-0.39, 0.29) is 5.92 Å². The Balaban J connectivity index is 1.92. The number of rotatable bonds is 1. The summed E-state index contributed by atoms with van der Waals surface area (Å²) in [6.45, 7) is 0. The van der Waals surface area contributed by atoms with Crippen LogP contribution in [0.15, 0.2) is 0 Å². The van der Waals surface area contributed by atoms with Gasteiger partial charge in [-0.1, -0.05) is 6.42 Å². The van der Waals surface area contributed by atoms with Crippen LogP contribution in [-0.2, 0) is 14.3 Å². The van der Waals surface area contributed by atoms with Gasteiger partial charge in [-0.15, -0.1) is 0 Å². The van der Waals surface area contributed by atoms with Gasteiger partial charge in [0.1, 0.15) is 5.60 Å². The molecule has 0 bridgehead atoms. The quantitative estimate of drug-likeness (QED) is 0.524. The van der Waals surface area contributed by atoms with E-state index in [0.29, 0.717) is 6.42 Å². The third-order valence-corrected chi connectivity index (χ3v) is 4.34. The lowest BCUT2D eigenvalue weighted by atomic mass is 9.80. The average Bonchev–Trinajstić information content (AvgIpc) is 2.91. The molecule has 82 valence electrons. The van der Waals surface area contributed by atoms with Crippen LogP contribution < -0.4 is 0 Å². The number of fused-ring (bicyclic) bond motifs is 2. The van der Waals surface area contributed by atoms with Crippen LogP contribution in [0.25, 0.3) is 0 Å². The molecule has 2 unspecified atom stereocenters.